The molecule has 0 atom stereocenters. The van der Waals surface area contributed by atoms with Crippen LogP contribution in [-0.2, 0) is 5.41 Å². The SMILES string of the molecule is [2H]c1c([2H])c([2H])c2c(c1[2H])-c1c([2H])c([2H])c(N(c3ccc(-c4ccc5ccccc5c4-c4cccc5c4sc4ccccc45)cc3)c3c([2H])c([2H])c4c([2H])c([2H])c([2H])c([2H])c4c3[2H])c([2H])c1C2(C([2H])([2H])[2H])C([2H])([2H])[2H]. The number of hydrogen-bond donors (Lipinski definition) is 0. The molecule has 0 fully saturated rings. The number of anilines is 3. The number of nitrogens with zero attached hydrogens (tertiary/aromatic N) is 1. The molecule has 1 aliphatic carbocycles. The van der Waals surface area contributed by atoms with E-state index in [1.165, 1.54) is 12.1 Å². The number of hydrogen-bond acceptors (Lipinski definition) is 2. The smallest absolute Gasteiger partial charge is 0.0651 e. The van der Waals surface area contributed by atoms with Gasteiger partial charge in [0.15, 0.2) is 0 Å². The Morgan fingerprint density at radius 3 is 2.11 bits per heavy atom. The molecule has 260 valence electrons. The standard InChI is InChI=1S/C53H37NS/c1-53(2)48-20-9-7-16-43(48)44-31-29-40(33-49(44)53)54(39-28-22-34-12-3-4-14-37(34)32-39)38-26-23-36(24-27-38)42-30-25-35-13-5-6-15-41(35)51(42)47-19-11-18-46-45-17-8-10-21-50(45)55-52(46)47/h3-33H,1-2H3/i1D3,2D3,3D,4D,7D,9D,12D,14D,16D,20D,22D,28D,29D,31D,32D,33D. The van der Waals surface area contributed by atoms with Crippen LogP contribution < -0.4 is 4.90 Å². The maximum atomic E-state index is 10.1. The summed E-state index contributed by atoms with van der Waals surface area (Å²) in [5.74, 6) is 0. The predicted octanol–water partition coefficient (Wildman–Crippen LogP) is 15.5. The van der Waals surface area contributed by atoms with Gasteiger partial charge in [0.25, 0.3) is 0 Å². The van der Waals surface area contributed by atoms with Crippen LogP contribution in [0.25, 0.3) is 75.1 Å². The first-order valence-corrected chi connectivity index (χ1v) is 18.3. The molecular formula is C53H37NS. The fourth-order valence-electron chi connectivity index (χ4n) is 7.67. The molecule has 0 saturated heterocycles. The number of fused-ring (bicyclic) bond motifs is 8. The lowest BCUT2D eigenvalue weighted by atomic mass is 9.82. The molecule has 0 saturated carbocycles. The number of thiophene rings is 1. The summed E-state index contributed by atoms with van der Waals surface area (Å²) in [6.45, 7) is -7.49. The van der Waals surface area contributed by atoms with Gasteiger partial charge in [-0.15, -0.1) is 11.3 Å². The lowest BCUT2D eigenvalue weighted by molar-refractivity contribution is 0.660. The molecule has 0 unspecified atom stereocenters. The minimum absolute atomic E-state index is 0.0799. The van der Waals surface area contributed by atoms with Crippen molar-refractivity contribution in [1.29, 1.82) is 0 Å². The van der Waals surface area contributed by atoms with Crippen LogP contribution in [0.2, 0.25) is 0 Å². The Labute approximate surface area is 353 Å². The first kappa shape index (κ1) is 17.8. The van der Waals surface area contributed by atoms with E-state index in [2.05, 4.69) is 24.3 Å². The summed E-state index contributed by atoms with van der Waals surface area (Å²) in [6, 6.07) is 20.2. The summed E-state index contributed by atoms with van der Waals surface area (Å²) in [6.07, 6.45) is 0. The lowest BCUT2D eigenvalue weighted by Gasteiger charge is -2.28. The molecule has 1 heterocycles. The highest BCUT2D eigenvalue weighted by Crippen LogP contribution is 2.51. The van der Waals surface area contributed by atoms with Crippen molar-refractivity contribution >= 4 is 70.1 Å². The van der Waals surface area contributed by atoms with E-state index in [0.29, 0.717) is 5.56 Å². The van der Waals surface area contributed by atoms with Crippen LogP contribution in [0.5, 0.6) is 0 Å². The Bertz CT molecular complexity index is 4150. The second-order valence-electron chi connectivity index (χ2n) is 13.3. The minimum Gasteiger partial charge on any atom is -0.310 e. The van der Waals surface area contributed by atoms with Gasteiger partial charge in [-0.25, -0.2) is 0 Å². The van der Waals surface area contributed by atoms with Gasteiger partial charge in [0.2, 0.25) is 0 Å². The second kappa shape index (κ2) is 12.3. The molecule has 2 heteroatoms. The first-order chi connectivity index (χ1) is 35.4. The van der Waals surface area contributed by atoms with Crippen LogP contribution in [0.1, 0.15) is 52.2 Å². The van der Waals surface area contributed by atoms with Gasteiger partial charge in [0, 0.05) is 56.4 Å². The molecule has 0 radical (unpaired) electrons. The quantitative estimate of drug-likeness (QED) is 0.170. The van der Waals surface area contributed by atoms with Crippen LogP contribution >= 0.6 is 11.3 Å². The van der Waals surface area contributed by atoms with Crippen LogP contribution in [0.3, 0.4) is 0 Å². The van der Waals surface area contributed by atoms with E-state index in [1.54, 1.807) is 23.5 Å². The third-order valence-electron chi connectivity index (χ3n) is 10.2. The molecule has 0 N–H and O–H groups in total. The highest BCUT2D eigenvalue weighted by molar-refractivity contribution is 7.26. The highest BCUT2D eigenvalue weighted by Gasteiger charge is 2.35. The van der Waals surface area contributed by atoms with E-state index in [9.17, 15) is 8.22 Å². The molecular weight excluding hydrogens is 683 g/mol. The molecule has 11 rings (SSSR count). The Kier molecular flexibility index (Phi) is 3.97. The van der Waals surface area contributed by atoms with E-state index in [-0.39, 0.29) is 5.69 Å². The van der Waals surface area contributed by atoms with Gasteiger partial charge < -0.3 is 4.90 Å². The van der Waals surface area contributed by atoms with Gasteiger partial charge in [-0.3, -0.25) is 0 Å². The maximum Gasteiger partial charge on any atom is 0.0651 e. The average molecular weight is 740 g/mol. The summed E-state index contributed by atoms with van der Waals surface area (Å²) in [4.78, 5) is 0.942. The monoisotopic (exact) mass is 739 g/mol. The average Bonchev–Trinajstić information content (AvgIpc) is 3.99. The Morgan fingerprint density at radius 1 is 0.491 bits per heavy atom. The Balaban J connectivity index is 1.24. The Hall–Kier alpha value is -6.48. The molecule has 55 heavy (non-hydrogen) atoms. The molecule has 10 aromatic rings. The summed E-state index contributed by atoms with van der Waals surface area (Å²) in [7, 11) is 0. The molecule has 0 bridgehead atoms. The zero-order valence-corrected chi connectivity index (χ0v) is 29.5. The van der Waals surface area contributed by atoms with Crippen molar-refractivity contribution in [2.45, 2.75) is 19.1 Å². The molecule has 0 spiro atoms. The number of rotatable bonds is 5. The fraction of sp³-hybridized carbons (Fsp3) is 0.0566. The van der Waals surface area contributed by atoms with E-state index in [0.717, 1.165) is 52.5 Å². The van der Waals surface area contributed by atoms with Crippen LogP contribution in [0, 0.1) is 0 Å². The third-order valence-corrected chi connectivity index (χ3v) is 11.4. The zero-order valence-electron chi connectivity index (χ0n) is 48.7. The van der Waals surface area contributed by atoms with Crippen molar-refractivity contribution < 1.29 is 27.4 Å². The third kappa shape index (κ3) is 4.99. The first-order valence-electron chi connectivity index (χ1n) is 27.5. The molecule has 1 nitrogen and oxygen atoms in total. The van der Waals surface area contributed by atoms with Gasteiger partial charge in [0.05, 0.1) is 19.2 Å². The molecule has 1 aromatic heterocycles. The highest BCUT2D eigenvalue weighted by atomic mass is 32.1. The minimum atomic E-state index is -3.74. The van der Waals surface area contributed by atoms with Crippen molar-refractivity contribution in [3.05, 3.63) is 199 Å². The largest absolute Gasteiger partial charge is 0.310 e. The normalized spacial score (nSPS) is 18.7. The summed E-state index contributed by atoms with van der Waals surface area (Å²) >= 11 is 1.65. The van der Waals surface area contributed by atoms with E-state index in [4.69, 9.17) is 19.2 Å². The van der Waals surface area contributed by atoms with E-state index >= 15 is 0 Å². The van der Waals surface area contributed by atoms with Crippen LogP contribution in [-0.4, -0.2) is 0 Å². The Morgan fingerprint density at radius 2 is 1.22 bits per heavy atom. The topological polar surface area (TPSA) is 3.24 Å². The summed E-state index contributed by atoms with van der Waals surface area (Å²) < 4.78 is 183. The molecule has 1 aliphatic rings. The van der Waals surface area contributed by atoms with Gasteiger partial charge in [-0.05, 0) is 103 Å². The second-order valence-corrected chi connectivity index (χ2v) is 14.4. The molecule has 0 amide bonds. The maximum absolute atomic E-state index is 10.1. The van der Waals surface area contributed by atoms with Gasteiger partial charge in [-0.2, -0.15) is 0 Å². The van der Waals surface area contributed by atoms with Crippen molar-refractivity contribution in [3.8, 4) is 33.4 Å². The van der Waals surface area contributed by atoms with Crippen molar-refractivity contribution in [3.63, 3.8) is 0 Å². The molecule has 0 aliphatic heterocycles. The fourth-order valence-corrected chi connectivity index (χ4v) is 8.90. The number of benzene rings is 9. The summed E-state index contributed by atoms with van der Waals surface area (Å²) in [5.41, 5.74) is -5.00. The van der Waals surface area contributed by atoms with Gasteiger partial charge >= 0.3 is 0 Å². The lowest BCUT2D eigenvalue weighted by Crippen LogP contribution is -2.16. The molecule has 9 aromatic carbocycles. The van der Waals surface area contributed by atoms with Crippen LogP contribution in [0.4, 0.5) is 17.1 Å². The van der Waals surface area contributed by atoms with Crippen molar-refractivity contribution in [2.75, 3.05) is 4.90 Å². The van der Waals surface area contributed by atoms with Crippen molar-refractivity contribution in [2.24, 2.45) is 0 Å². The van der Waals surface area contributed by atoms with Crippen LogP contribution in [0.15, 0.2) is 188 Å². The zero-order chi connectivity index (χ0) is 53.9. The van der Waals surface area contributed by atoms with E-state index < -0.39 is 148 Å². The van der Waals surface area contributed by atoms with Gasteiger partial charge in [-0.1, -0.05) is 159 Å². The van der Waals surface area contributed by atoms with E-state index in [1.807, 2.05) is 54.6 Å². The predicted molar refractivity (Wildman–Crippen MR) is 237 cm³/mol. The summed E-state index contributed by atoms with van der Waals surface area (Å²) in [5, 5.41) is 3.04. The van der Waals surface area contributed by atoms with Crippen molar-refractivity contribution in [1.82, 2.24) is 0 Å². The van der Waals surface area contributed by atoms with Gasteiger partial charge in [0.1, 0.15) is 0 Å².